The number of nitrogens with zero attached hydrogens (tertiary/aromatic N) is 3. The molecule has 0 radical (unpaired) electrons. The predicted octanol–water partition coefficient (Wildman–Crippen LogP) is 1.40. The van der Waals surface area contributed by atoms with Crippen molar-refractivity contribution in [1.82, 2.24) is 14.7 Å². The molecule has 0 bridgehead atoms. The molecule has 2 heterocycles. The SMILES string of the molecule is COC(=O)c1ccc(-c2ccc(-n3ncc(C(=O)[O-])c3OCCN3CCOCC3)cc2)cc1. The van der Waals surface area contributed by atoms with Crippen LogP contribution in [0.3, 0.4) is 0 Å². The Morgan fingerprint density at radius 1 is 1.03 bits per heavy atom. The molecule has 3 aromatic rings. The van der Waals surface area contributed by atoms with Gasteiger partial charge in [-0.1, -0.05) is 24.3 Å². The molecule has 1 aromatic heterocycles. The van der Waals surface area contributed by atoms with E-state index in [1.807, 2.05) is 36.4 Å². The van der Waals surface area contributed by atoms with Crippen molar-refractivity contribution in [2.45, 2.75) is 0 Å². The monoisotopic (exact) mass is 450 g/mol. The molecule has 1 aliphatic rings. The lowest BCUT2D eigenvalue weighted by Crippen LogP contribution is -2.38. The fraction of sp³-hybridized carbons (Fsp3) is 0.292. The minimum atomic E-state index is -1.34. The van der Waals surface area contributed by atoms with Crippen molar-refractivity contribution in [2.24, 2.45) is 0 Å². The molecule has 9 heteroatoms. The Hall–Kier alpha value is -3.69. The number of morpholine rings is 1. The second kappa shape index (κ2) is 10.3. The molecule has 172 valence electrons. The lowest BCUT2D eigenvalue weighted by molar-refractivity contribution is -0.255. The van der Waals surface area contributed by atoms with Gasteiger partial charge in [-0.05, 0) is 35.4 Å². The molecule has 1 fully saturated rings. The van der Waals surface area contributed by atoms with E-state index in [-0.39, 0.29) is 17.4 Å². The zero-order valence-corrected chi connectivity index (χ0v) is 18.2. The van der Waals surface area contributed by atoms with Crippen molar-refractivity contribution < 1.29 is 28.9 Å². The van der Waals surface area contributed by atoms with Gasteiger partial charge in [0.1, 0.15) is 6.61 Å². The molecule has 0 aliphatic carbocycles. The number of ether oxygens (including phenoxy) is 3. The van der Waals surface area contributed by atoms with E-state index in [9.17, 15) is 14.7 Å². The van der Waals surface area contributed by atoms with Crippen molar-refractivity contribution in [1.29, 1.82) is 0 Å². The second-order valence-corrected chi connectivity index (χ2v) is 7.48. The number of benzene rings is 2. The largest absolute Gasteiger partial charge is 0.545 e. The van der Waals surface area contributed by atoms with Crippen LogP contribution in [0.2, 0.25) is 0 Å². The second-order valence-electron chi connectivity index (χ2n) is 7.48. The first kappa shape index (κ1) is 22.5. The van der Waals surface area contributed by atoms with E-state index in [4.69, 9.17) is 14.2 Å². The first-order chi connectivity index (χ1) is 16.1. The fourth-order valence-electron chi connectivity index (χ4n) is 3.61. The third-order valence-corrected chi connectivity index (χ3v) is 5.45. The molecule has 4 rings (SSSR count). The number of hydrogen-bond donors (Lipinski definition) is 0. The third kappa shape index (κ3) is 5.21. The maximum Gasteiger partial charge on any atom is 0.337 e. The van der Waals surface area contributed by atoms with Crippen LogP contribution in [0.4, 0.5) is 0 Å². The van der Waals surface area contributed by atoms with E-state index in [0.29, 0.717) is 37.6 Å². The highest BCUT2D eigenvalue weighted by Gasteiger charge is 2.17. The van der Waals surface area contributed by atoms with E-state index in [0.717, 1.165) is 24.2 Å². The summed E-state index contributed by atoms with van der Waals surface area (Å²) in [5.74, 6) is -1.59. The van der Waals surface area contributed by atoms with Gasteiger partial charge < -0.3 is 24.1 Å². The first-order valence-corrected chi connectivity index (χ1v) is 10.6. The van der Waals surface area contributed by atoms with Gasteiger partial charge in [-0.25, -0.2) is 9.48 Å². The number of carboxylic acid groups (broad SMARTS) is 1. The van der Waals surface area contributed by atoms with Crippen LogP contribution >= 0.6 is 0 Å². The van der Waals surface area contributed by atoms with Crippen LogP contribution in [-0.2, 0) is 9.47 Å². The Morgan fingerprint density at radius 3 is 2.27 bits per heavy atom. The predicted molar refractivity (Wildman–Crippen MR) is 117 cm³/mol. The zero-order valence-electron chi connectivity index (χ0n) is 18.2. The van der Waals surface area contributed by atoms with Crippen LogP contribution < -0.4 is 9.84 Å². The molecule has 33 heavy (non-hydrogen) atoms. The smallest absolute Gasteiger partial charge is 0.337 e. The molecule has 0 spiro atoms. The number of esters is 1. The summed E-state index contributed by atoms with van der Waals surface area (Å²) in [6, 6.07) is 14.5. The summed E-state index contributed by atoms with van der Waals surface area (Å²) in [6.07, 6.45) is 1.23. The van der Waals surface area contributed by atoms with Crippen LogP contribution in [0, 0.1) is 0 Å². The van der Waals surface area contributed by atoms with Crippen LogP contribution in [-0.4, -0.2) is 73.2 Å². The summed E-state index contributed by atoms with van der Waals surface area (Å²) in [5.41, 5.74) is 2.88. The van der Waals surface area contributed by atoms with Crippen molar-refractivity contribution >= 4 is 11.9 Å². The van der Waals surface area contributed by atoms with Crippen molar-refractivity contribution in [3.8, 4) is 22.7 Å². The molecule has 0 N–H and O–H groups in total. The lowest BCUT2D eigenvalue weighted by atomic mass is 10.0. The average Bonchev–Trinajstić information content (AvgIpc) is 3.28. The zero-order chi connectivity index (χ0) is 23.2. The minimum Gasteiger partial charge on any atom is -0.545 e. The summed E-state index contributed by atoms with van der Waals surface area (Å²) in [7, 11) is 1.34. The van der Waals surface area contributed by atoms with Gasteiger partial charge in [0.25, 0.3) is 0 Å². The molecular formula is C24H24N3O6-. The van der Waals surface area contributed by atoms with Crippen LogP contribution in [0.5, 0.6) is 5.88 Å². The topological polar surface area (TPSA) is 106 Å². The third-order valence-electron chi connectivity index (χ3n) is 5.45. The Morgan fingerprint density at radius 2 is 1.67 bits per heavy atom. The van der Waals surface area contributed by atoms with E-state index in [1.165, 1.54) is 18.0 Å². The van der Waals surface area contributed by atoms with Crippen molar-refractivity contribution in [2.75, 3.05) is 46.6 Å². The number of rotatable bonds is 8. The van der Waals surface area contributed by atoms with Crippen LogP contribution in [0.15, 0.2) is 54.7 Å². The summed E-state index contributed by atoms with van der Waals surface area (Å²) in [6.45, 7) is 3.97. The average molecular weight is 450 g/mol. The highest BCUT2D eigenvalue weighted by molar-refractivity contribution is 5.90. The van der Waals surface area contributed by atoms with Gasteiger partial charge in [0.15, 0.2) is 0 Å². The van der Waals surface area contributed by atoms with Gasteiger partial charge in [0.05, 0.1) is 49.3 Å². The lowest BCUT2D eigenvalue weighted by Gasteiger charge is -2.26. The molecular weight excluding hydrogens is 426 g/mol. The van der Waals surface area contributed by atoms with E-state index in [2.05, 4.69) is 10.00 Å². The maximum atomic E-state index is 11.6. The van der Waals surface area contributed by atoms with Gasteiger partial charge in [-0.3, -0.25) is 4.90 Å². The number of methoxy groups -OCH3 is 1. The molecule has 0 atom stereocenters. The van der Waals surface area contributed by atoms with E-state index >= 15 is 0 Å². The fourth-order valence-corrected chi connectivity index (χ4v) is 3.61. The molecule has 0 amide bonds. The van der Waals surface area contributed by atoms with Gasteiger partial charge in [-0.2, -0.15) is 5.10 Å². The molecule has 2 aromatic carbocycles. The molecule has 9 nitrogen and oxygen atoms in total. The Labute approximate surface area is 191 Å². The summed E-state index contributed by atoms with van der Waals surface area (Å²) in [5, 5.41) is 15.8. The number of aromatic nitrogens is 2. The highest BCUT2D eigenvalue weighted by Crippen LogP contribution is 2.26. The van der Waals surface area contributed by atoms with Crippen molar-refractivity contribution in [3.63, 3.8) is 0 Å². The highest BCUT2D eigenvalue weighted by atomic mass is 16.5. The quantitative estimate of drug-likeness (QED) is 0.474. The molecule has 0 saturated carbocycles. The minimum absolute atomic E-state index is 0.0977. The number of aromatic carboxylic acids is 1. The summed E-state index contributed by atoms with van der Waals surface area (Å²) in [4.78, 5) is 25.4. The summed E-state index contributed by atoms with van der Waals surface area (Å²) < 4.78 is 17.4. The molecule has 0 unspecified atom stereocenters. The molecule has 1 aliphatic heterocycles. The summed E-state index contributed by atoms with van der Waals surface area (Å²) >= 11 is 0. The number of hydrogen-bond acceptors (Lipinski definition) is 8. The Balaban J connectivity index is 1.51. The number of carbonyl (C=O) groups excluding carboxylic acids is 2. The number of carboxylic acids is 1. The van der Waals surface area contributed by atoms with Gasteiger partial charge in [0, 0.05) is 19.6 Å². The molecule has 1 saturated heterocycles. The van der Waals surface area contributed by atoms with Crippen LogP contribution in [0.1, 0.15) is 20.7 Å². The van der Waals surface area contributed by atoms with Crippen molar-refractivity contribution in [3.05, 3.63) is 65.9 Å². The maximum absolute atomic E-state index is 11.6. The van der Waals surface area contributed by atoms with Gasteiger partial charge >= 0.3 is 5.97 Å². The standard InChI is InChI=1S/C24H25N3O6/c1-31-24(30)19-4-2-17(3-5-19)18-6-8-20(9-7-18)27-22(21(16-25-27)23(28)29)33-15-12-26-10-13-32-14-11-26/h2-9,16H,10-15H2,1H3,(H,28,29)/p-1. The van der Waals surface area contributed by atoms with E-state index in [1.54, 1.807) is 12.1 Å². The van der Waals surface area contributed by atoms with Gasteiger partial charge in [0.2, 0.25) is 5.88 Å². The first-order valence-electron chi connectivity index (χ1n) is 10.6. The normalized spacial score (nSPS) is 14.1. The van der Waals surface area contributed by atoms with E-state index < -0.39 is 5.97 Å². The number of carbonyl (C=O) groups is 2. The Bertz CT molecular complexity index is 1100. The van der Waals surface area contributed by atoms with Crippen LogP contribution in [0.25, 0.3) is 16.8 Å². The van der Waals surface area contributed by atoms with Gasteiger partial charge in [-0.15, -0.1) is 0 Å². The Kier molecular flexibility index (Phi) is 7.01.